The fourth-order valence-corrected chi connectivity index (χ4v) is 4.28. The maximum Gasteiger partial charge on any atom is 0.228 e. The summed E-state index contributed by atoms with van der Waals surface area (Å²) in [5.41, 5.74) is 0.990. The van der Waals surface area contributed by atoms with Crippen molar-refractivity contribution in [2.24, 2.45) is 0 Å². The summed E-state index contributed by atoms with van der Waals surface area (Å²) in [5.74, 6) is 1.81. The highest BCUT2D eigenvalue weighted by Gasteiger charge is 2.27. The number of anilines is 2. The first-order chi connectivity index (χ1) is 14.5. The minimum atomic E-state index is 0.167. The van der Waals surface area contributed by atoms with Crippen LogP contribution in [0.2, 0.25) is 0 Å². The zero-order valence-corrected chi connectivity index (χ0v) is 18.6. The lowest BCUT2D eigenvalue weighted by Crippen LogP contribution is -2.48. The van der Waals surface area contributed by atoms with Crippen LogP contribution in [0.3, 0.4) is 0 Å². The van der Waals surface area contributed by atoms with Gasteiger partial charge in [-0.2, -0.15) is 4.98 Å². The van der Waals surface area contributed by atoms with E-state index in [0.29, 0.717) is 13.2 Å². The molecule has 0 N–H and O–H groups in total. The second kappa shape index (κ2) is 9.43. The summed E-state index contributed by atoms with van der Waals surface area (Å²) in [7, 11) is 8.33. The largest absolute Gasteiger partial charge is 0.373 e. The minimum Gasteiger partial charge on any atom is -0.373 e. The molecule has 0 bridgehead atoms. The lowest BCUT2D eigenvalue weighted by molar-refractivity contribution is 0.0239. The first kappa shape index (κ1) is 21.2. The zero-order valence-electron chi connectivity index (χ0n) is 18.6. The number of morpholine rings is 2. The molecule has 0 radical (unpaired) electrons. The van der Waals surface area contributed by atoms with Crippen molar-refractivity contribution in [2.45, 2.75) is 12.2 Å². The Hall–Kier alpha value is -2.00. The Balaban J connectivity index is 1.63. The van der Waals surface area contributed by atoms with Gasteiger partial charge in [0.25, 0.3) is 0 Å². The predicted molar refractivity (Wildman–Crippen MR) is 121 cm³/mol. The second-order valence-electron chi connectivity index (χ2n) is 8.77. The Bertz CT molecular complexity index is 845. The topological polar surface area (TPSA) is 57.2 Å². The van der Waals surface area contributed by atoms with E-state index in [9.17, 15) is 0 Å². The van der Waals surface area contributed by atoms with Gasteiger partial charge >= 0.3 is 0 Å². The van der Waals surface area contributed by atoms with Crippen LogP contribution in [0.15, 0.2) is 24.3 Å². The van der Waals surface area contributed by atoms with Crippen LogP contribution in [0.4, 0.5) is 11.8 Å². The van der Waals surface area contributed by atoms with E-state index >= 15 is 0 Å². The third kappa shape index (κ3) is 5.00. The summed E-state index contributed by atoms with van der Waals surface area (Å²) in [6.45, 7) is 6.52. The number of benzene rings is 1. The Morgan fingerprint density at radius 1 is 0.867 bits per heavy atom. The molecule has 0 aliphatic carbocycles. The van der Waals surface area contributed by atoms with Gasteiger partial charge in [0.2, 0.25) is 5.95 Å². The lowest BCUT2D eigenvalue weighted by Gasteiger charge is -2.37. The van der Waals surface area contributed by atoms with Crippen molar-refractivity contribution in [2.75, 3.05) is 90.5 Å². The first-order valence-electron chi connectivity index (χ1n) is 10.8. The molecule has 0 spiro atoms. The van der Waals surface area contributed by atoms with E-state index in [1.165, 1.54) is 0 Å². The van der Waals surface area contributed by atoms with Gasteiger partial charge in [-0.15, -0.1) is 0 Å². The summed E-state index contributed by atoms with van der Waals surface area (Å²) < 4.78 is 11.9. The Morgan fingerprint density at radius 2 is 1.47 bits per heavy atom. The molecule has 4 rings (SSSR count). The van der Waals surface area contributed by atoms with Gasteiger partial charge < -0.3 is 29.1 Å². The van der Waals surface area contributed by atoms with Crippen LogP contribution in [-0.2, 0) is 9.47 Å². The van der Waals surface area contributed by atoms with E-state index in [4.69, 9.17) is 19.4 Å². The summed E-state index contributed by atoms with van der Waals surface area (Å²) in [5, 5.41) is 1.10. The molecule has 30 heavy (non-hydrogen) atoms. The average Bonchev–Trinajstić information content (AvgIpc) is 2.72. The van der Waals surface area contributed by atoms with Gasteiger partial charge in [0.15, 0.2) is 0 Å². The van der Waals surface area contributed by atoms with Gasteiger partial charge in [-0.25, -0.2) is 4.98 Å². The van der Waals surface area contributed by atoms with Crippen molar-refractivity contribution in [3.63, 3.8) is 0 Å². The van der Waals surface area contributed by atoms with E-state index in [-0.39, 0.29) is 12.2 Å². The van der Waals surface area contributed by atoms with Gasteiger partial charge in [-0.3, -0.25) is 0 Å². The van der Waals surface area contributed by atoms with Crippen LogP contribution >= 0.6 is 0 Å². The predicted octanol–water partition coefficient (Wildman–Crippen LogP) is 1.16. The maximum atomic E-state index is 5.99. The summed E-state index contributed by atoms with van der Waals surface area (Å²) in [6, 6.07) is 8.32. The van der Waals surface area contributed by atoms with E-state index in [1.54, 1.807) is 0 Å². The van der Waals surface area contributed by atoms with Gasteiger partial charge in [0, 0.05) is 44.7 Å². The van der Waals surface area contributed by atoms with Crippen molar-refractivity contribution in [3.05, 3.63) is 24.3 Å². The molecule has 2 atom stereocenters. The number of para-hydroxylation sites is 1. The zero-order chi connectivity index (χ0) is 21.1. The fourth-order valence-electron chi connectivity index (χ4n) is 4.28. The molecule has 3 heterocycles. The van der Waals surface area contributed by atoms with E-state index in [1.807, 2.05) is 6.07 Å². The molecule has 2 aromatic rings. The molecule has 0 saturated carbocycles. The first-order valence-corrected chi connectivity index (χ1v) is 10.8. The van der Waals surface area contributed by atoms with Crippen molar-refractivity contribution in [1.82, 2.24) is 19.8 Å². The van der Waals surface area contributed by atoms with Crippen LogP contribution < -0.4 is 9.80 Å². The normalized spacial score (nSPS) is 23.0. The number of likely N-dealkylation sites (N-methyl/N-ethyl adjacent to an activating group) is 2. The second-order valence-corrected chi connectivity index (χ2v) is 8.77. The third-order valence-electron chi connectivity index (χ3n) is 5.57. The monoisotopic (exact) mass is 414 g/mol. The van der Waals surface area contributed by atoms with Crippen LogP contribution in [0.25, 0.3) is 10.9 Å². The Kier molecular flexibility index (Phi) is 6.67. The van der Waals surface area contributed by atoms with Crippen molar-refractivity contribution in [3.8, 4) is 0 Å². The molecule has 164 valence electrons. The number of aromatic nitrogens is 2. The van der Waals surface area contributed by atoms with E-state index in [0.717, 1.165) is 61.9 Å². The highest BCUT2D eigenvalue weighted by molar-refractivity contribution is 5.90. The van der Waals surface area contributed by atoms with Gasteiger partial charge in [-0.05, 0) is 40.3 Å². The maximum absolute atomic E-state index is 5.99. The van der Waals surface area contributed by atoms with Crippen molar-refractivity contribution < 1.29 is 9.47 Å². The molecule has 2 saturated heterocycles. The molecular formula is C22H34N6O2. The highest BCUT2D eigenvalue weighted by Crippen LogP contribution is 2.28. The molecule has 0 amide bonds. The molecule has 2 fully saturated rings. The molecule has 8 nitrogen and oxygen atoms in total. The van der Waals surface area contributed by atoms with Gasteiger partial charge in [0.05, 0.1) is 30.9 Å². The van der Waals surface area contributed by atoms with E-state index < -0.39 is 0 Å². The van der Waals surface area contributed by atoms with Crippen LogP contribution in [0.1, 0.15) is 0 Å². The molecule has 1 aromatic heterocycles. The summed E-state index contributed by atoms with van der Waals surface area (Å²) in [4.78, 5) is 19.0. The fraction of sp³-hybridized carbons (Fsp3) is 0.636. The van der Waals surface area contributed by atoms with Crippen LogP contribution in [-0.4, -0.2) is 113 Å². The van der Waals surface area contributed by atoms with Crippen molar-refractivity contribution >= 4 is 22.7 Å². The quantitative estimate of drug-likeness (QED) is 0.698. The number of hydrogen-bond acceptors (Lipinski definition) is 8. The third-order valence-corrected chi connectivity index (χ3v) is 5.57. The molecular weight excluding hydrogens is 380 g/mol. The molecule has 8 heteroatoms. The molecule has 2 aliphatic rings. The lowest BCUT2D eigenvalue weighted by atomic mass is 10.2. The smallest absolute Gasteiger partial charge is 0.228 e. The molecule has 2 unspecified atom stereocenters. The number of ether oxygens (including phenoxy) is 2. The number of fused-ring (bicyclic) bond motifs is 1. The summed E-state index contributed by atoms with van der Waals surface area (Å²) >= 11 is 0. The van der Waals surface area contributed by atoms with Crippen LogP contribution in [0.5, 0.6) is 0 Å². The van der Waals surface area contributed by atoms with Crippen molar-refractivity contribution in [1.29, 1.82) is 0 Å². The standard InChI is InChI=1S/C22H34N6O2/c1-25(2)13-17-15-27(9-11-29-17)21-19-7-5-6-8-20(19)23-22(24-21)28-10-12-30-18(16-28)14-26(3)4/h5-8,17-18H,9-16H2,1-4H3. The minimum absolute atomic E-state index is 0.167. The van der Waals surface area contributed by atoms with Gasteiger partial charge in [0.1, 0.15) is 5.82 Å². The Morgan fingerprint density at radius 3 is 2.13 bits per heavy atom. The number of hydrogen-bond donors (Lipinski definition) is 0. The molecule has 2 aliphatic heterocycles. The number of nitrogens with zero attached hydrogens (tertiary/aromatic N) is 6. The highest BCUT2D eigenvalue weighted by atomic mass is 16.5. The summed E-state index contributed by atoms with van der Waals surface area (Å²) in [6.07, 6.45) is 0.346. The Labute approximate surface area is 179 Å². The average molecular weight is 415 g/mol. The van der Waals surface area contributed by atoms with E-state index in [2.05, 4.69) is 66.0 Å². The number of rotatable bonds is 6. The molecule has 1 aromatic carbocycles. The van der Waals surface area contributed by atoms with Gasteiger partial charge in [-0.1, -0.05) is 12.1 Å². The SMILES string of the molecule is CN(C)CC1CN(c2nc(N3CCOC(CN(C)C)C3)c3ccccc3n2)CCO1. The van der Waals surface area contributed by atoms with Crippen LogP contribution in [0, 0.1) is 0 Å².